The third-order valence-corrected chi connectivity index (χ3v) is 6.10. The summed E-state index contributed by atoms with van der Waals surface area (Å²) in [5, 5.41) is 3.95. The summed E-state index contributed by atoms with van der Waals surface area (Å²) in [6.07, 6.45) is 4.08. The monoisotopic (exact) mass is 445 g/mol. The van der Waals surface area contributed by atoms with Gasteiger partial charge in [-0.1, -0.05) is 17.3 Å². The van der Waals surface area contributed by atoms with Crippen LogP contribution in [0.1, 0.15) is 33.1 Å². The Hall–Kier alpha value is -3.65. The van der Waals surface area contributed by atoms with Gasteiger partial charge < -0.3 is 18.6 Å². The van der Waals surface area contributed by atoms with Crippen molar-refractivity contribution in [2.24, 2.45) is 0 Å². The number of ether oxygens (including phenoxy) is 1. The zero-order valence-corrected chi connectivity index (χ0v) is 18.9. The van der Waals surface area contributed by atoms with E-state index in [-0.39, 0.29) is 5.91 Å². The van der Waals surface area contributed by atoms with Crippen molar-refractivity contribution in [2.75, 3.05) is 26.2 Å². The standard InChI is InChI=1S/C25H27N5O3/c1-18-23(19(2)33-27-18)17-32-22-7-5-6-20(14-22)25(31)29-12-10-28(11-13-29)15-21-16-30-9-4-3-8-24(30)26-21/h3-9,14,16H,10-13,15,17H2,1-2H3. The number of carbonyl (C=O) groups is 1. The summed E-state index contributed by atoms with van der Waals surface area (Å²) in [5.41, 5.74) is 4.40. The van der Waals surface area contributed by atoms with Gasteiger partial charge in [-0.25, -0.2) is 4.98 Å². The lowest BCUT2D eigenvalue weighted by Gasteiger charge is -2.34. The SMILES string of the molecule is Cc1noc(C)c1COc1cccc(C(=O)N2CCN(Cc3cn4ccccc4n3)CC2)c1. The number of fused-ring (bicyclic) bond motifs is 1. The van der Waals surface area contributed by atoms with Crippen molar-refractivity contribution in [3.05, 3.63) is 83.1 Å². The third kappa shape index (κ3) is 4.61. The fraction of sp³-hybridized carbons (Fsp3) is 0.320. The molecule has 0 radical (unpaired) electrons. The summed E-state index contributed by atoms with van der Waals surface area (Å²) >= 11 is 0. The number of benzene rings is 1. The van der Waals surface area contributed by atoms with Crippen LogP contribution >= 0.6 is 0 Å². The Bertz CT molecular complexity index is 1220. The molecule has 33 heavy (non-hydrogen) atoms. The van der Waals surface area contributed by atoms with E-state index in [4.69, 9.17) is 9.26 Å². The summed E-state index contributed by atoms with van der Waals surface area (Å²) in [5.74, 6) is 1.44. The van der Waals surface area contributed by atoms with Gasteiger partial charge in [-0.05, 0) is 44.2 Å². The lowest BCUT2D eigenvalue weighted by atomic mass is 10.1. The maximum Gasteiger partial charge on any atom is 0.254 e. The molecule has 0 atom stereocenters. The van der Waals surface area contributed by atoms with Gasteiger partial charge in [0.05, 0.1) is 17.0 Å². The summed E-state index contributed by atoms with van der Waals surface area (Å²) < 4.78 is 13.1. The van der Waals surface area contributed by atoms with Gasteiger partial charge >= 0.3 is 0 Å². The quantitative estimate of drug-likeness (QED) is 0.452. The molecule has 8 heteroatoms. The highest BCUT2D eigenvalue weighted by atomic mass is 16.5. The predicted molar refractivity (Wildman–Crippen MR) is 123 cm³/mol. The maximum absolute atomic E-state index is 13.1. The average molecular weight is 446 g/mol. The van der Waals surface area contributed by atoms with Gasteiger partial charge in [0.25, 0.3) is 5.91 Å². The lowest BCUT2D eigenvalue weighted by molar-refractivity contribution is 0.0626. The van der Waals surface area contributed by atoms with E-state index in [0.29, 0.717) is 31.0 Å². The van der Waals surface area contributed by atoms with Crippen molar-refractivity contribution in [1.29, 1.82) is 0 Å². The molecule has 0 unspecified atom stereocenters. The molecule has 1 aromatic carbocycles. The van der Waals surface area contributed by atoms with Crippen LogP contribution in [0.25, 0.3) is 5.65 Å². The number of aryl methyl sites for hydroxylation is 2. The molecule has 0 bridgehead atoms. The van der Waals surface area contributed by atoms with Crippen LogP contribution in [0, 0.1) is 13.8 Å². The molecule has 0 aliphatic carbocycles. The van der Waals surface area contributed by atoms with Gasteiger partial charge in [0.2, 0.25) is 0 Å². The number of nitrogens with zero attached hydrogens (tertiary/aromatic N) is 5. The molecule has 1 amide bonds. The lowest BCUT2D eigenvalue weighted by Crippen LogP contribution is -2.48. The number of hydrogen-bond acceptors (Lipinski definition) is 6. The Morgan fingerprint density at radius 3 is 2.70 bits per heavy atom. The van der Waals surface area contributed by atoms with Crippen molar-refractivity contribution < 1.29 is 14.1 Å². The number of imidazole rings is 1. The van der Waals surface area contributed by atoms with Crippen LogP contribution in [0.4, 0.5) is 0 Å². The summed E-state index contributed by atoms with van der Waals surface area (Å²) in [4.78, 5) is 22.0. The minimum atomic E-state index is 0.0326. The van der Waals surface area contributed by atoms with Crippen LogP contribution < -0.4 is 4.74 Å². The second kappa shape index (κ2) is 9.07. The highest BCUT2D eigenvalue weighted by Crippen LogP contribution is 2.20. The highest BCUT2D eigenvalue weighted by Gasteiger charge is 2.23. The molecule has 0 spiro atoms. The zero-order chi connectivity index (χ0) is 22.8. The van der Waals surface area contributed by atoms with Gasteiger partial charge in [0.1, 0.15) is 23.8 Å². The summed E-state index contributed by atoms with van der Waals surface area (Å²) in [6.45, 7) is 7.93. The molecule has 0 N–H and O–H groups in total. The zero-order valence-electron chi connectivity index (χ0n) is 18.9. The van der Waals surface area contributed by atoms with Gasteiger partial charge in [-0.3, -0.25) is 9.69 Å². The Balaban J connectivity index is 1.17. The maximum atomic E-state index is 13.1. The number of carbonyl (C=O) groups excluding carboxylic acids is 1. The average Bonchev–Trinajstić information content (AvgIpc) is 3.39. The van der Waals surface area contributed by atoms with Gasteiger partial charge in [0.15, 0.2) is 0 Å². The molecule has 1 aliphatic heterocycles. The number of aromatic nitrogens is 3. The molecule has 1 fully saturated rings. The molecule has 5 rings (SSSR count). The van der Waals surface area contributed by atoms with E-state index in [1.165, 1.54) is 0 Å². The smallest absolute Gasteiger partial charge is 0.254 e. The van der Waals surface area contributed by atoms with Crippen LogP contribution in [0.3, 0.4) is 0 Å². The van der Waals surface area contributed by atoms with E-state index in [9.17, 15) is 4.79 Å². The minimum Gasteiger partial charge on any atom is -0.489 e. The van der Waals surface area contributed by atoms with E-state index >= 15 is 0 Å². The van der Waals surface area contributed by atoms with E-state index in [1.54, 1.807) is 0 Å². The second-order valence-electron chi connectivity index (χ2n) is 8.39. The van der Waals surface area contributed by atoms with E-state index in [1.807, 2.05) is 71.8 Å². The third-order valence-electron chi connectivity index (χ3n) is 6.10. The van der Waals surface area contributed by atoms with Crippen molar-refractivity contribution in [3.63, 3.8) is 0 Å². The number of piperazine rings is 1. The topological polar surface area (TPSA) is 76.1 Å². The minimum absolute atomic E-state index is 0.0326. The largest absolute Gasteiger partial charge is 0.489 e. The van der Waals surface area contributed by atoms with Gasteiger partial charge in [0, 0.05) is 50.7 Å². The van der Waals surface area contributed by atoms with E-state index in [2.05, 4.69) is 21.2 Å². The summed E-state index contributed by atoms with van der Waals surface area (Å²) in [6, 6.07) is 13.4. The van der Waals surface area contributed by atoms with Crippen LogP contribution in [-0.4, -0.2) is 56.4 Å². The molecule has 4 heterocycles. The molecule has 1 aliphatic rings. The Morgan fingerprint density at radius 2 is 1.94 bits per heavy atom. The number of rotatable bonds is 6. The molecule has 0 saturated carbocycles. The van der Waals surface area contributed by atoms with Gasteiger partial charge in [-0.15, -0.1) is 0 Å². The van der Waals surface area contributed by atoms with Crippen LogP contribution in [-0.2, 0) is 13.2 Å². The molecular weight excluding hydrogens is 418 g/mol. The molecular formula is C25H27N5O3. The number of amides is 1. The van der Waals surface area contributed by atoms with Gasteiger partial charge in [-0.2, -0.15) is 0 Å². The molecule has 170 valence electrons. The molecule has 3 aromatic heterocycles. The first-order valence-electron chi connectivity index (χ1n) is 11.2. The van der Waals surface area contributed by atoms with Crippen molar-refractivity contribution in [1.82, 2.24) is 24.3 Å². The van der Waals surface area contributed by atoms with Crippen LogP contribution in [0.2, 0.25) is 0 Å². The Kier molecular flexibility index (Phi) is 5.83. The van der Waals surface area contributed by atoms with Crippen LogP contribution in [0.5, 0.6) is 5.75 Å². The van der Waals surface area contributed by atoms with Crippen molar-refractivity contribution in [3.8, 4) is 5.75 Å². The first-order chi connectivity index (χ1) is 16.1. The highest BCUT2D eigenvalue weighted by molar-refractivity contribution is 5.94. The predicted octanol–water partition coefficient (Wildman–Crippen LogP) is 3.48. The molecule has 8 nitrogen and oxygen atoms in total. The van der Waals surface area contributed by atoms with Crippen molar-refractivity contribution >= 4 is 11.6 Å². The fourth-order valence-corrected chi connectivity index (χ4v) is 4.17. The fourth-order valence-electron chi connectivity index (χ4n) is 4.17. The summed E-state index contributed by atoms with van der Waals surface area (Å²) in [7, 11) is 0. The number of hydrogen-bond donors (Lipinski definition) is 0. The first kappa shape index (κ1) is 21.2. The second-order valence-corrected chi connectivity index (χ2v) is 8.39. The van der Waals surface area contributed by atoms with E-state index < -0.39 is 0 Å². The first-order valence-corrected chi connectivity index (χ1v) is 11.2. The molecule has 1 saturated heterocycles. The van der Waals surface area contributed by atoms with Crippen molar-refractivity contribution in [2.45, 2.75) is 27.0 Å². The van der Waals surface area contributed by atoms with Crippen LogP contribution in [0.15, 0.2) is 59.4 Å². The molecule has 4 aromatic rings. The normalized spacial score (nSPS) is 14.7. The van der Waals surface area contributed by atoms with E-state index in [0.717, 1.165) is 48.0 Å². The number of pyridine rings is 1. The Labute approximate surface area is 192 Å². The Morgan fingerprint density at radius 1 is 1.09 bits per heavy atom.